The zero-order valence-corrected chi connectivity index (χ0v) is 12.3. The number of unbranched alkanes of at least 4 members (excludes halogenated alkanes) is 1. The van der Waals surface area contributed by atoms with Gasteiger partial charge in [-0.1, -0.05) is 12.2 Å². The third-order valence-corrected chi connectivity index (χ3v) is 1.99. The zero-order chi connectivity index (χ0) is 14.7. The van der Waals surface area contributed by atoms with Crippen LogP contribution in [0.5, 0.6) is 0 Å². The van der Waals surface area contributed by atoms with E-state index in [9.17, 15) is 9.59 Å². The lowest BCUT2D eigenvalue weighted by molar-refractivity contribution is -0.143. The first-order valence-electron chi connectivity index (χ1n) is 6.62. The minimum absolute atomic E-state index is 0.164. The molecule has 0 rings (SSSR count). The molecule has 0 saturated carbocycles. The van der Waals surface area contributed by atoms with Gasteiger partial charge in [0.25, 0.3) is 0 Å². The van der Waals surface area contributed by atoms with Crippen LogP contribution in [0.15, 0.2) is 12.2 Å². The molecule has 1 amide bonds. The molecule has 0 aliphatic heterocycles. The van der Waals surface area contributed by atoms with Crippen LogP contribution in [0, 0.1) is 0 Å². The van der Waals surface area contributed by atoms with Crippen molar-refractivity contribution >= 4 is 12.1 Å². The minimum atomic E-state index is -0.479. The van der Waals surface area contributed by atoms with Crippen molar-refractivity contribution in [2.24, 2.45) is 0 Å². The van der Waals surface area contributed by atoms with Crippen molar-refractivity contribution in [2.45, 2.75) is 52.6 Å². The SMILES string of the molecule is CCOC(=O)CCC/C=C/CNC(=O)OC(C)(C)C. The average Bonchev–Trinajstić information content (AvgIpc) is 2.25. The molecular weight excluding hydrogens is 246 g/mol. The predicted octanol–water partition coefficient (Wildman–Crippen LogP) is 2.80. The second-order valence-electron chi connectivity index (χ2n) is 5.05. The number of allylic oxidation sites excluding steroid dienone is 1. The Hall–Kier alpha value is -1.52. The van der Waals surface area contributed by atoms with Crippen LogP contribution in [-0.4, -0.2) is 30.8 Å². The van der Waals surface area contributed by atoms with Gasteiger partial charge in [0.15, 0.2) is 0 Å². The van der Waals surface area contributed by atoms with Crippen LogP contribution >= 0.6 is 0 Å². The van der Waals surface area contributed by atoms with Gasteiger partial charge in [-0.2, -0.15) is 0 Å². The maximum absolute atomic E-state index is 11.3. The smallest absolute Gasteiger partial charge is 0.407 e. The summed E-state index contributed by atoms with van der Waals surface area (Å²) >= 11 is 0. The molecule has 0 fully saturated rings. The third kappa shape index (κ3) is 12.7. The fraction of sp³-hybridized carbons (Fsp3) is 0.714. The van der Waals surface area contributed by atoms with Crippen LogP contribution in [0.2, 0.25) is 0 Å². The lowest BCUT2D eigenvalue weighted by Gasteiger charge is -2.19. The quantitative estimate of drug-likeness (QED) is 0.439. The number of carbonyl (C=O) groups is 2. The monoisotopic (exact) mass is 271 g/mol. The summed E-state index contributed by atoms with van der Waals surface area (Å²) in [5, 5.41) is 2.62. The highest BCUT2D eigenvalue weighted by atomic mass is 16.6. The van der Waals surface area contributed by atoms with E-state index in [-0.39, 0.29) is 5.97 Å². The zero-order valence-electron chi connectivity index (χ0n) is 12.3. The molecule has 0 saturated heterocycles. The number of rotatable bonds is 7. The molecule has 0 radical (unpaired) electrons. The van der Waals surface area contributed by atoms with Crippen LogP contribution in [0.3, 0.4) is 0 Å². The summed E-state index contributed by atoms with van der Waals surface area (Å²) in [6.07, 6.45) is 5.31. The number of hydrogen-bond donors (Lipinski definition) is 1. The van der Waals surface area contributed by atoms with Crippen LogP contribution in [-0.2, 0) is 14.3 Å². The number of amides is 1. The summed E-state index contributed by atoms with van der Waals surface area (Å²) in [5.41, 5.74) is -0.479. The van der Waals surface area contributed by atoms with Gasteiger partial charge in [0.1, 0.15) is 5.60 Å². The molecule has 1 N–H and O–H groups in total. The van der Waals surface area contributed by atoms with Crippen molar-refractivity contribution in [1.29, 1.82) is 0 Å². The first-order valence-corrected chi connectivity index (χ1v) is 6.62. The molecule has 0 spiro atoms. The second-order valence-corrected chi connectivity index (χ2v) is 5.05. The maximum atomic E-state index is 11.3. The Morgan fingerprint density at radius 1 is 1.21 bits per heavy atom. The summed E-state index contributed by atoms with van der Waals surface area (Å²) in [4.78, 5) is 22.3. The summed E-state index contributed by atoms with van der Waals surface area (Å²) in [7, 11) is 0. The Bertz CT molecular complexity index is 305. The van der Waals surface area contributed by atoms with E-state index in [1.54, 1.807) is 6.92 Å². The van der Waals surface area contributed by atoms with Gasteiger partial charge in [0.2, 0.25) is 0 Å². The van der Waals surface area contributed by atoms with Crippen LogP contribution < -0.4 is 5.32 Å². The molecule has 0 heterocycles. The van der Waals surface area contributed by atoms with Gasteiger partial charge in [-0.15, -0.1) is 0 Å². The van der Waals surface area contributed by atoms with Crippen molar-refractivity contribution in [1.82, 2.24) is 5.32 Å². The lowest BCUT2D eigenvalue weighted by atomic mass is 10.2. The van der Waals surface area contributed by atoms with Gasteiger partial charge in [-0.25, -0.2) is 4.79 Å². The summed E-state index contributed by atoms with van der Waals surface area (Å²) in [6.45, 7) is 8.09. The molecular formula is C14H25NO4. The van der Waals surface area contributed by atoms with Crippen LogP contribution in [0.1, 0.15) is 47.0 Å². The molecule has 0 aliphatic carbocycles. The maximum Gasteiger partial charge on any atom is 0.407 e. The minimum Gasteiger partial charge on any atom is -0.466 e. The van der Waals surface area contributed by atoms with E-state index in [0.717, 1.165) is 12.8 Å². The molecule has 0 aromatic carbocycles. The summed E-state index contributed by atoms with van der Waals surface area (Å²) in [6, 6.07) is 0. The fourth-order valence-electron chi connectivity index (χ4n) is 1.26. The van der Waals surface area contributed by atoms with Gasteiger partial charge in [0.05, 0.1) is 6.61 Å². The van der Waals surface area contributed by atoms with Gasteiger partial charge in [-0.3, -0.25) is 4.79 Å². The van der Waals surface area contributed by atoms with Gasteiger partial charge < -0.3 is 14.8 Å². The highest BCUT2D eigenvalue weighted by Crippen LogP contribution is 2.06. The van der Waals surface area contributed by atoms with E-state index in [2.05, 4.69) is 5.32 Å². The van der Waals surface area contributed by atoms with E-state index >= 15 is 0 Å². The average molecular weight is 271 g/mol. The molecule has 0 aliphatic rings. The van der Waals surface area contributed by atoms with E-state index in [1.165, 1.54) is 0 Å². The van der Waals surface area contributed by atoms with E-state index in [0.29, 0.717) is 19.6 Å². The Kier molecular flexibility index (Phi) is 8.66. The highest BCUT2D eigenvalue weighted by Gasteiger charge is 2.14. The topological polar surface area (TPSA) is 64.6 Å². The van der Waals surface area contributed by atoms with Crippen molar-refractivity contribution in [3.63, 3.8) is 0 Å². The molecule has 0 unspecified atom stereocenters. The van der Waals surface area contributed by atoms with E-state index in [4.69, 9.17) is 9.47 Å². The molecule has 0 aromatic heterocycles. The third-order valence-electron chi connectivity index (χ3n) is 1.99. The number of alkyl carbamates (subject to hydrolysis) is 1. The fourth-order valence-corrected chi connectivity index (χ4v) is 1.26. The number of hydrogen-bond acceptors (Lipinski definition) is 4. The van der Waals surface area contributed by atoms with Crippen molar-refractivity contribution in [3.05, 3.63) is 12.2 Å². The standard InChI is InChI=1S/C14H25NO4/c1-5-18-12(16)10-8-6-7-9-11-15-13(17)19-14(2,3)4/h7,9H,5-6,8,10-11H2,1-4H3,(H,15,17)/b9-7+. The molecule has 5 nitrogen and oxygen atoms in total. The Labute approximate surface area is 115 Å². The van der Waals surface area contributed by atoms with Gasteiger partial charge >= 0.3 is 12.1 Å². The van der Waals surface area contributed by atoms with E-state index in [1.807, 2.05) is 32.9 Å². The largest absolute Gasteiger partial charge is 0.466 e. The first kappa shape index (κ1) is 17.5. The molecule has 0 atom stereocenters. The summed E-state index contributed by atoms with van der Waals surface area (Å²) < 4.78 is 9.89. The Balaban J connectivity index is 3.54. The van der Waals surface area contributed by atoms with Crippen molar-refractivity contribution < 1.29 is 19.1 Å². The molecule has 110 valence electrons. The number of ether oxygens (including phenoxy) is 2. The number of nitrogens with one attached hydrogen (secondary N) is 1. The normalized spacial score (nSPS) is 11.4. The number of carbonyl (C=O) groups excluding carboxylic acids is 2. The highest BCUT2D eigenvalue weighted by molar-refractivity contribution is 5.69. The van der Waals surface area contributed by atoms with Crippen molar-refractivity contribution in [2.75, 3.05) is 13.2 Å². The summed E-state index contributed by atoms with van der Waals surface area (Å²) in [5.74, 6) is -0.164. The second kappa shape index (κ2) is 9.42. The lowest BCUT2D eigenvalue weighted by Crippen LogP contribution is -2.32. The Morgan fingerprint density at radius 3 is 2.47 bits per heavy atom. The van der Waals surface area contributed by atoms with Crippen LogP contribution in [0.4, 0.5) is 4.79 Å². The number of esters is 1. The van der Waals surface area contributed by atoms with Crippen LogP contribution in [0.25, 0.3) is 0 Å². The van der Waals surface area contributed by atoms with Gasteiger partial charge in [-0.05, 0) is 40.5 Å². The molecule has 19 heavy (non-hydrogen) atoms. The Morgan fingerprint density at radius 2 is 1.89 bits per heavy atom. The van der Waals surface area contributed by atoms with E-state index < -0.39 is 11.7 Å². The van der Waals surface area contributed by atoms with Crippen molar-refractivity contribution in [3.8, 4) is 0 Å². The predicted molar refractivity (Wildman–Crippen MR) is 73.9 cm³/mol. The van der Waals surface area contributed by atoms with Gasteiger partial charge in [0, 0.05) is 13.0 Å². The molecule has 0 aromatic rings. The molecule has 5 heteroatoms. The first-order chi connectivity index (χ1) is 8.85. The molecule has 0 bridgehead atoms.